The van der Waals surface area contributed by atoms with E-state index in [0.717, 1.165) is 16.3 Å². The van der Waals surface area contributed by atoms with E-state index < -0.39 is 0 Å². The Hall–Kier alpha value is -0.960. The van der Waals surface area contributed by atoms with E-state index in [0.29, 0.717) is 0 Å². The van der Waals surface area contributed by atoms with Crippen molar-refractivity contribution in [1.82, 2.24) is 4.98 Å². The standard InChI is InChI=1S/C8H7NOS/c1-2-7-3-5-11-10-6-8(7)9-4-1/h1-4,6H,5H2. The Kier molecular flexibility index (Phi) is 1.81. The average molecular weight is 165 g/mol. The van der Waals surface area contributed by atoms with Gasteiger partial charge in [0, 0.05) is 11.4 Å². The van der Waals surface area contributed by atoms with Crippen LogP contribution in [0.5, 0.6) is 0 Å². The van der Waals surface area contributed by atoms with Gasteiger partial charge in [-0.3, -0.25) is 4.98 Å². The van der Waals surface area contributed by atoms with Gasteiger partial charge in [-0.05, 0) is 6.07 Å². The molecule has 1 aliphatic heterocycles. The van der Waals surface area contributed by atoms with Gasteiger partial charge in [-0.25, -0.2) is 0 Å². The largest absolute Gasteiger partial charge is 0.431 e. The van der Waals surface area contributed by atoms with E-state index in [1.165, 1.54) is 12.0 Å². The number of rotatable bonds is 0. The second-order valence-electron chi connectivity index (χ2n) is 2.18. The van der Waals surface area contributed by atoms with Gasteiger partial charge in [0.05, 0.1) is 17.8 Å². The molecule has 0 saturated heterocycles. The molecule has 0 spiro atoms. The summed E-state index contributed by atoms with van der Waals surface area (Å²) in [5, 5.41) is 2.06. The highest BCUT2D eigenvalue weighted by atomic mass is 32.2. The molecular weight excluding hydrogens is 158 g/mol. The van der Waals surface area contributed by atoms with Gasteiger partial charge in [0.2, 0.25) is 0 Å². The van der Waals surface area contributed by atoms with Crippen molar-refractivity contribution in [2.24, 2.45) is 0 Å². The molecule has 0 atom stereocenters. The fourth-order valence-corrected chi connectivity index (χ4v) is 1.43. The maximum Gasteiger partial charge on any atom is 0.127 e. The third-order valence-corrected chi connectivity index (χ3v) is 2.01. The Balaban J connectivity index is 2.73. The summed E-state index contributed by atoms with van der Waals surface area (Å²) in [4.78, 5) is 4.15. The fraction of sp³-hybridized carbons (Fsp3) is 0.125. The molecule has 2 nitrogen and oxygen atoms in total. The van der Waals surface area contributed by atoms with Crippen LogP contribution in [0.15, 0.2) is 18.3 Å². The second-order valence-corrected chi connectivity index (χ2v) is 2.94. The van der Waals surface area contributed by atoms with Crippen molar-refractivity contribution in [3.8, 4) is 0 Å². The normalized spacial score (nSPS) is 14.9. The molecule has 1 aliphatic rings. The SMILES string of the molecule is C1=c2cccnc2=COSC1. The minimum absolute atomic E-state index is 0.884. The summed E-state index contributed by atoms with van der Waals surface area (Å²) in [6.07, 6.45) is 5.56. The summed E-state index contributed by atoms with van der Waals surface area (Å²) in [6, 6.07) is 3.97. The van der Waals surface area contributed by atoms with Crippen LogP contribution in [0.25, 0.3) is 12.3 Å². The van der Waals surface area contributed by atoms with Gasteiger partial charge < -0.3 is 4.18 Å². The van der Waals surface area contributed by atoms with Gasteiger partial charge in [0.1, 0.15) is 11.6 Å². The highest BCUT2D eigenvalue weighted by molar-refractivity contribution is 7.95. The molecule has 11 heavy (non-hydrogen) atoms. The predicted molar refractivity (Wildman–Crippen MR) is 46.0 cm³/mol. The van der Waals surface area contributed by atoms with E-state index in [1.807, 2.05) is 12.1 Å². The number of aromatic nitrogens is 1. The van der Waals surface area contributed by atoms with E-state index in [4.69, 9.17) is 4.18 Å². The van der Waals surface area contributed by atoms with Crippen LogP contribution in [0, 0.1) is 0 Å². The molecule has 0 bridgehead atoms. The first-order valence-corrected chi connectivity index (χ1v) is 4.27. The van der Waals surface area contributed by atoms with Crippen molar-refractivity contribution in [3.63, 3.8) is 0 Å². The van der Waals surface area contributed by atoms with Gasteiger partial charge in [0.25, 0.3) is 0 Å². The third kappa shape index (κ3) is 1.38. The van der Waals surface area contributed by atoms with Crippen LogP contribution in [0.1, 0.15) is 0 Å². The first-order chi connectivity index (χ1) is 5.47. The van der Waals surface area contributed by atoms with Crippen LogP contribution >= 0.6 is 12.0 Å². The lowest BCUT2D eigenvalue weighted by Crippen LogP contribution is -2.26. The molecule has 2 heterocycles. The van der Waals surface area contributed by atoms with Crippen molar-refractivity contribution in [3.05, 3.63) is 28.9 Å². The first kappa shape index (κ1) is 6.73. The van der Waals surface area contributed by atoms with Gasteiger partial charge in [-0.15, -0.1) is 0 Å². The topological polar surface area (TPSA) is 22.1 Å². The van der Waals surface area contributed by atoms with Gasteiger partial charge >= 0.3 is 0 Å². The lowest BCUT2D eigenvalue weighted by molar-refractivity contribution is 0.634. The van der Waals surface area contributed by atoms with Crippen LogP contribution in [0.4, 0.5) is 0 Å². The van der Waals surface area contributed by atoms with E-state index in [-0.39, 0.29) is 0 Å². The summed E-state index contributed by atoms with van der Waals surface area (Å²) < 4.78 is 5.12. The predicted octanol–water partition coefficient (Wildman–Crippen LogP) is 0.279. The van der Waals surface area contributed by atoms with Crippen LogP contribution in [0.2, 0.25) is 0 Å². The smallest absolute Gasteiger partial charge is 0.127 e. The minimum atomic E-state index is 0.884. The Morgan fingerprint density at radius 1 is 1.55 bits per heavy atom. The van der Waals surface area contributed by atoms with E-state index in [9.17, 15) is 0 Å². The molecule has 56 valence electrons. The maximum atomic E-state index is 5.12. The maximum absolute atomic E-state index is 5.12. The zero-order valence-corrected chi connectivity index (χ0v) is 6.67. The molecule has 0 radical (unpaired) electrons. The highest BCUT2D eigenvalue weighted by Crippen LogP contribution is 2.02. The number of hydrogen-bond donors (Lipinski definition) is 0. The fourth-order valence-electron chi connectivity index (χ4n) is 0.944. The highest BCUT2D eigenvalue weighted by Gasteiger charge is 1.92. The van der Waals surface area contributed by atoms with Crippen LogP contribution in [0.3, 0.4) is 0 Å². The monoisotopic (exact) mass is 165 g/mol. The molecule has 0 unspecified atom stereocenters. The molecule has 0 fully saturated rings. The van der Waals surface area contributed by atoms with E-state index in [2.05, 4.69) is 11.1 Å². The molecule has 0 aromatic carbocycles. The van der Waals surface area contributed by atoms with Gasteiger partial charge in [0.15, 0.2) is 0 Å². The van der Waals surface area contributed by atoms with Crippen molar-refractivity contribution in [2.45, 2.75) is 0 Å². The van der Waals surface area contributed by atoms with Crippen LogP contribution in [-0.2, 0) is 4.18 Å². The Morgan fingerprint density at radius 2 is 2.55 bits per heavy atom. The summed E-state index contributed by atoms with van der Waals surface area (Å²) in [6.45, 7) is 0. The first-order valence-electron chi connectivity index (χ1n) is 3.36. The molecular formula is C8H7NOS. The lowest BCUT2D eigenvalue weighted by atomic mass is 10.3. The molecule has 0 aliphatic carbocycles. The third-order valence-electron chi connectivity index (χ3n) is 1.47. The molecule has 3 heteroatoms. The van der Waals surface area contributed by atoms with Crippen molar-refractivity contribution < 1.29 is 4.18 Å². The lowest BCUT2D eigenvalue weighted by Gasteiger charge is -1.87. The van der Waals surface area contributed by atoms with Gasteiger partial charge in [-0.1, -0.05) is 12.1 Å². The van der Waals surface area contributed by atoms with E-state index in [1.54, 1.807) is 12.5 Å². The van der Waals surface area contributed by atoms with Crippen molar-refractivity contribution in [2.75, 3.05) is 5.75 Å². The molecule has 0 amide bonds. The number of hydrogen-bond acceptors (Lipinski definition) is 3. The van der Waals surface area contributed by atoms with Crippen LogP contribution < -0.4 is 10.6 Å². The summed E-state index contributed by atoms with van der Waals surface area (Å²) in [5.74, 6) is 0.884. The molecule has 0 N–H and O–H groups in total. The van der Waals surface area contributed by atoms with Crippen LogP contribution in [-0.4, -0.2) is 10.7 Å². The summed E-state index contributed by atoms with van der Waals surface area (Å²) in [5.41, 5.74) is 0. The average Bonchev–Trinajstić information content (AvgIpc) is 2.28. The number of pyridine rings is 1. The van der Waals surface area contributed by atoms with Crippen molar-refractivity contribution in [1.29, 1.82) is 0 Å². The zero-order chi connectivity index (χ0) is 7.52. The quantitative estimate of drug-likeness (QED) is 0.515. The zero-order valence-electron chi connectivity index (χ0n) is 5.86. The summed E-state index contributed by atoms with van der Waals surface area (Å²) >= 11 is 1.42. The van der Waals surface area contributed by atoms with Crippen molar-refractivity contribution >= 4 is 24.4 Å². The Labute approximate surface area is 68.8 Å². The Morgan fingerprint density at radius 3 is 3.55 bits per heavy atom. The van der Waals surface area contributed by atoms with Gasteiger partial charge in [-0.2, -0.15) is 0 Å². The van der Waals surface area contributed by atoms with E-state index >= 15 is 0 Å². The molecule has 1 aromatic heterocycles. The molecule has 2 rings (SSSR count). The molecule has 0 saturated carbocycles. The molecule has 1 aromatic rings. The summed E-state index contributed by atoms with van der Waals surface area (Å²) in [7, 11) is 0. The number of nitrogens with zero attached hydrogens (tertiary/aromatic N) is 1. The minimum Gasteiger partial charge on any atom is -0.431 e. The second kappa shape index (κ2) is 2.96. The Bertz CT molecular complexity index is 326. The number of fused-ring (bicyclic) bond motifs is 1.